The summed E-state index contributed by atoms with van der Waals surface area (Å²) in [4.78, 5) is 28.4. The Morgan fingerprint density at radius 2 is 1.89 bits per heavy atom. The molecule has 2 aromatic heterocycles. The fraction of sp³-hybridized carbons (Fsp3) is 0.235. The Morgan fingerprint density at radius 1 is 1.15 bits per heavy atom. The number of rotatable bonds is 7. The van der Waals surface area contributed by atoms with Crippen LogP contribution in [0, 0.1) is 0 Å². The lowest BCUT2D eigenvalue weighted by Gasteiger charge is -2.13. The molecule has 2 heterocycles. The third kappa shape index (κ3) is 3.94. The van der Waals surface area contributed by atoms with Gasteiger partial charge >= 0.3 is 0 Å². The van der Waals surface area contributed by atoms with Crippen LogP contribution >= 0.6 is 0 Å². The molecule has 0 aliphatic carbocycles. The summed E-state index contributed by atoms with van der Waals surface area (Å²) in [5.41, 5.74) is 0.00200. The second kappa shape index (κ2) is 8.13. The first-order valence-corrected chi connectivity index (χ1v) is 8.06. The van der Waals surface area contributed by atoms with E-state index in [-0.39, 0.29) is 24.6 Å². The summed E-state index contributed by atoms with van der Waals surface area (Å²) in [6.07, 6.45) is 2.85. The molecule has 0 fully saturated rings. The van der Waals surface area contributed by atoms with Crippen molar-refractivity contribution in [3.05, 3.63) is 58.9 Å². The molecule has 1 aromatic carbocycles. The van der Waals surface area contributed by atoms with Gasteiger partial charge in [0.1, 0.15) is 29.7 Å². The highest BCUT2D eigenvalue weighted by Crippen LogP contribution is 2.27. The van der Waals surface area contributed by atoms with Gasteiger partial charge in [-0.1, -0.05) is 6.07 Å². The van der Waals surface area contributed by atoms with Crippen molar-refractivity contribution < 1.29 is 14.3 Å². The Balaban J connectivity index is 1.71. The van der Waals surface area contributed by atoms with Gasteiger partial charge in [-0.25, -0.2) is 14.3 Å². The third-order valence-corrected chi connectivity index (χ3v) is 3.77. The summed E-state index contributed by atoms with van der Waals surface area (Å²) in [5, 5.41) is 10.9. The Kier molecular flexibility index (Phi) is 5.45. The fourth-order valence-corrected chi connectivity index (χ4v) is 2.49. The van der Waals surface area contributed by atoms with E-state index in [0.717, 1.165) is 0 Å². The molecule has 27 heavy (non-hydrogen) atoms. The Morgan fingerprint density at radius 3 is 2.52 bits per heavy atom. The van der Waals surface area contributed by atoms with Gasteiger partial charge in [0.2, 0.25) is 0 Å². The van der Waals surface area contributed by atoms with E-state index in [4.69, 9.17) is 9.47 Å². The van der Waals surface area contributed by atoms with Crippen molar-refractivity contribution in [1.29, 1.82) is 0 Å². The first-order valence-electron chi connectivity index (χ1n) is 8.06. The monoisotopic (exact) mass is 370 g/mol. The van der Waals surface area contributed by atoms with Crippen LogP contribution in [0.1, 0.15) is 10.4 Å². The molecule has 0 unspecified atom stereocenters. The number of ether oxygens (including phenoxy) is 2. The van der Waals surface area contributed by atoms with E-state index in [2.05, 4.69) is 20.5 Å². The van der Waals surface area contributed by atoms with E-state index in [1.54, 1.807) is 24.3 Å². The quantitative estimate of drug-likeness (QED) is 0.635. The number of hydrogen-bond acceptors (Lipinski definition) is 7. The summed E-state index contributed by atoms with van der Waals surface area (Å²) in [5.74, 6) is 0.875. The number of nitrogens with zero attached hydrogens (tertiary/aromatic N) is 5. The van der Waals surface area contributed by atoms with Crippen LogP contribution in [0.5, 0.6) is 11.5 Å². The zero-order chi connectivity index (χ0) is 19.2. The summed E-state index contributed by atoms with van der Waals surface area (Å²) in [6, 6.07) is 8.00. The molecule has 0 radical (unpaired) electrons. The minimum atomic E-state index is -0.371. The highest BCUT2D eigenvalue weighted by Gasteiger charge is 2.17. The molecule has 0 aliphatic heterocycles. The van der Waals surface area contributed by atoms with E-state index in [9.17, 15) is 9.59 Å². The van der Waals surface area contributed by atoms with E-state index in [1.165, 1.54) is 42.3 Å². The van der Waals surface area contributed by atoms with Gasteiger partial charge in [0, 0.05) is 12.6 Å². The molecule has 10 heteroatoms. The van der Waals surface area contributed by atoms with Gasteiger partial charge in [-0.3, -0.25) is 9.59 Å². The standard InChI is InChI=1S/C17H18N6O4/c1-26-12-4-3-5-13(27-2)16(12)17(25)19-8-9-22-15(24)7-6-14(21-22)23-11-18-10-20-23/h3-7,10-11H,8-9H2,1-2H3,(H,19,25). The van der Waals surface area contributed by atoms with Gasteiger partial charge in [0.05, 0.1) is 20.8 Å². The van der Waals surface area contributed by atoms with E-state index < -0.39 is 0 Å². The normalized spacial score (nSPS) is 10.4. The number of hydrogen-bond donors (Lipinski definition) is 1. The SMILES string of the molecule is COc1cccc(OC)c1C(=O)NCCn1nc(-n2cncn2)ccc1=O. The summed E-state index contributed by atoms with van der Waals surface area (Å²) in [7, 11) is 2.95. The summed E-state index contributed by atoms with van der Waals surface area (Å²) < 4.78 is 13.1. The highest BCUT2D eigenvalue weighted by molar-refractivity contribution is 5.99. The average molecular weight is 370 g/mol. The lowest BCUT2D eigenvalue weighted by atomic mass is 10.1. The number of aromatic nitrogens is 5. The molecule has 0 bridgehead atoms. The van der Waals surface area contributed by atoms with E-state index in [0.29, 0.717) is 22.9 Å². The highest BCUT2D eigenvalue weighted by atomic mass is 16.5. The van der Waals surface area contributed by atoms with Crippen molar-refractivity contribution in [3.63, 3.8) is 0 Å². The van der Waals surface area contributed by atoms with Crippen molar-refractivity contribution >= 4 is 5.91 Å². The number of methoxy groups -OCH3 is 2. The number of benzene rings is 1. The minimum absolute atomic E-state index is 0.185. The number of carbonyl (C=O) groups excluding carboxylic acids is 1. The molecule has 0 saturated carbocycles. The van der Waals surface area contributed by atoms with Crippen molar-refractivity contribution in [2.24, 2.45) is 0 Å². The smallest absolute Gasteiger partial charge is 0.266 e. The maximum absolute atomic E-state index is 12.5. The van der Waals surface area contributed by atoms with Gasteiger partial charge in [0.15, 0.2) is 5.82 Å². The fourth-order valence-electron chi connectivity index (χ4n) is 2.49. The molecule has 0 atom stereocenters. The molecule has 3 aromatic rings. The topological polar surface area (TPSA) is 113 Å². The Bertz CT molecular complexity index is 961. The van der Waals surface area contributed by atoms with Crippen molar-refractivity contribution in [2.45, 2.75) is 6.54 Å². The lowest BCUT2D eigenvalue weighted by molar-refractivity contribution is 0.0945. The number of nitrogens with one attached hydrogen (secondary N) is 1. The predicted octanol–water partition coefficient (Wildman–Crippen LogP) is 0.271. The van der Waals surface area contributed by atoms with Crippen LogP contribution in [0.15, 0.2) is 47.8 Å². The first-order chi connectivity index (χ1) is 13.1. The number of amides is 1. The van der Waals surface area contributed by atoms with Crippen molar-refractivity contribution in [2.75, 3.05) is 20.8 Å². The summed E-state index contributed by atoms with van der Waals surface area (Å²) >= 11 is 0. The molecule has 1 N–H and O–H groups in total. The van der Waals surface area contributed by atoms with E-state index >= 15 is 0 Å². The second-order valence-electron chi connectivity index (χ2n) is 5.39. The van der Waals surface area contributed by atoms with Crippen LogP contribution in [-0.4, -0.2) is 51.2 Å². The predicted molar refractivity (Wildman–Crippen MR) is 95.3 cm³/mol. The van der Waals surface area contributed by atoms with Crippen LogP contribution in [0.4, 0.5) is 0 Å². The lowest BCUT2D eigenvalue weighted by Crippen LogP contribution is -2.32. The number of carbonyl (C=O) groups is 1. The van der Waals surface area contributed by atoms with Gasteiger partial charge in [-0.2, -0.15) is 5.10 Å². The van der Waals surface area contributed by atoms with Crippen molar-refractivity contribution in [3.8, 4) is 17.3 Å². The first kappa shape index (κ1) is 18.1. The van der Waals surface area contributed by atoms with Crippen LogP contribution in [-0.2, 0) is 6.54 Å². The molecule has 1 amide bonds. The molecule has 3 rings (SSSR count). The van der Waals surface area contributed by atoms with Crippen LogP contribution in [0.3, 0.4) is 0 Å². The van der Waals surface area contributed by atoms with E-state index in [1.807, 2.05) is 0 Å². The maximum Gasteiger partial charge on any atom is 0.266 e. The molecule has 0 aliphatic rings. The molecule has 10 nitrogen and oxygen atoms in total. The molecular formula is C17H18N6O4. The van der Waals surface area contributed by atoms with Crippen LogP contribution in [0.2, 0.25) is 0 Å². The maximum atomic E-state index is 12.5. The summed E-state index contributed by atoms with van der Waals surface area (Å²) in [6.45, 7) is 0.373. The Hall–Kier alpha value is -3.69. The Labute approximate surface area is 154 Å². The molecular weight excluding hydrogens is 352 g/mol. The van der Waals surface area contributed by atoms with Gasteiger partial charge in [0.25, 0.3) is 11.5 Å². The zero-order valence-electron chi connectivity index (χ0n) is 14.8. The largest absolute Gasteiger partial charge is 0.496 e. The van der Waals surface area contributed by atoms with Crippen molar-refractivity contribution in [1.82, 2.24) is 29.9 Å². The molecule has 0 saturated heterocycles. The van der Waals surface area contributed by atoms with Crippen LogP contribution < -0.4 is 20.3 Å². The van der Waals surface area contributed by atoms with Gasteiger partial charge < -0.3 is 14.8 Å². The molecule has 0 spiro atoms. The van der Waals surface area contributed by atoms with Gasteiger partial charge in [-0.15, -0.1) is 5.10 Å². The zero-order valence-corrected chi connectivity index (χ0v) is 14.8. The molecule has 140 valence electrons. The minimum Gasteiger partial charge on any atom is -0.496 e. The third-order valence-electron chi connectivity index (χ3n) is 3.77. The second-order valence-corrected chi connectivity index (χ2v) is 5.39. The average Bonchev–Trinajstić information content (AvgIpc) is 3.23. The van der Waals surface area contributed by atoms with Gasteiger partial charge in [-0.05, 0) is 18.2 Å². The van der Waals surface area contributed by atoms with Crippen LogP contribution in [0.25, 0.3) is 5.82 Å².